The molecule has 1 saturated heterocycles. The van der Waals surface area contributed by atoms with Crippen LogP contribution in [0.25, 0.3) is 10.9 Å². The number of rotatable bonds is 3. The third kappa shape index (κ3) is 3.14. The molecule has 0 aromatic carbocycles. The summed E-state index contributed by atoms with van der Waals surface area (Å²) in [5.41, 5.74) is 3.24. The Bertz CT molecular complexity index is 1070. The van der Waals surface area contributed by atoms with Crippen LogP contribution in [0.5, 0.6) is 0 Å². The fourth-order valence-electron chi connectivity index (χ4n) is 2.77. The van der Waals surface area contributed by atoms with Crippen molar-refractivity contribution in [3.8, 4) is 0 Å². The normalized spacial score (nSPS) is 14.6. The maximum Gasteiger partial charge on any atom is 0.280 e. The minimum atomic E-state index is -0.333. The van der Waals surface area contributed by atoms with Gasteiger partial charge in [-0.1, -0.05) is 0 Å². The molecule has 2 N–H and O–H groups in total. The highest BCUT2D eigenvalue weighted by Crippen LogP contribution is 2.13. The van der Waals surface area contributed by atoms with Crippen LogP contribution in [0, 0.1) is 6.92 Å². The van der Waals surface area contributed by atoms with Crippen molar-refractivity contribution < 1.29 is 4.74 Å². The number of aromatic nitrogens is 5. The maximum atomic E-state index is 12.7. The summed E-state index contributed by atoms with van der Waals surface area (Å²) in [7, 11) is 0. The average molecular weight is 355 g/mol. The number of aryl methyl sites for hydroxylation is 1. The molecule has 0 saturated carbocycles. The quantitative estimate of drug-likeness (QED) is 0.668. The van der Waals surface area contributed by atoms with Gasteiger partial charge in [0.05, 0.1) is 24.1 Å². The molecule has 0 aliphatic carbocycles. The molecule has 0 bridgehead atoms. The molecule has 3 aromatic rings. The van der Waals surface area contributed by atoms with Gasteiger partial charge in [0, 0.05) is 37.2 Å². The summed E-state index contributed by atoms with van der Waals surface area (Å²) in [6.07, 6.45) is 3.06. The van der Waals surface area contributed by atoms with Gasteiger partial charge in [0.15, 0.2) is 0 Å². The van der Waals surface area contributed by atoms with Crippen LogP contribution < -0.4 is 21.4 Å². The van der Waals surface area contributed by atoms with Crippen molar-refractivity contribution in [2.45, 2.75) is 6.92 Å². The molecule has 1 fully saturated rings. The summed E-state index contributed by atoms with van der Waals surface area (Å²) in [6, 6.07) is 3.08. The molecule has 10 heteroatoms. The number of aromatic amines is 1. The van der Waals surface area contributed by atoms with E-state index in [9.17, 15) is 9.59 Å². The lowest BCUT2D eigenvalue weighted by Gasteiger charge is -2.26. The van der Waals surface area contributed by atoms with E-state index in [1.165, 1.54) is 16.9 Å². The van der Waals surface area contributed by atoms with Crippen molar-refractivity contribution in [3.05, 3.63) is 50.9 Å². The minimum absolute atomic E-state index is 0.183. The molecule has 0 radical (unpaired) electrons. The molecule has 134 valence electrons. The highest BCUT2D eigenvalue weighted by Gasteiger charge is 2.15. The second-order valence-corrected chi connectivity index (χ2v) is 5.91. The van der Waals surface area contributed by atoms with Gasteiger partial charge >= 0.3 is 0 Å². The topological polar surface area (TPSA) is 118 Å². The van der Waals surface area contributed by atoms with Crippen LogP contribution in [-0.4, -0.2) is 50.9 Å². The lowest BCUT2D eigenvalue weighted by Crippen LogP contribution is -2.37. The van der Waals surface area contributed by atoms with Crippen molar-refractivity contribution >= 4 is 22.8 Å². The third-order valence-corrected chi connectivity index (χ3v) is 4.03. The van der Waals surface area contributed by atoms with Gasteiger partial charge in [-0.2, -0.15) is 0 Å². The Morgan fingerprint density at radius 1 is 1.23 bits per heavy atom. The molecule has 0 amide bonds. The Labute approximate surface area is 147 Å². The van der Waals surface area contributed by atoms with E-state index in [0.717, 1.165) is 13.1 Å². The summed E-state index contributed by atoms with van der Waals surface area (Å²) >= 11 is 0. The van der Waals surface area contributed by atoms with Crippen LogP contribution in [0.1, 0.15) is 5.69 Å². The third-order valence-electron chi connectivity index (χ3n) is 4.03. The number of anilines is 2. The van der Waals surface area contributed by atoms with E-state index in [2.05, 4.69) is 25.4 Å². The number of ether oxygens (including phenoxy) is 1. The standard InChI is InChI=1S/C16H17N7O3/c1-10-8-13(24)20-15(18-10)21-23-3-2-12-11(14(23)25)9-17-16(19-12)22-4-6-26-7-5-22/h2-3,8-9H,4-7H2,1H3,(H2,18,20,21,24). The second kappa shape index (κ2) is 6.56. The Kier molecular flexibility index (Phi) is 4.09. The highest BCUT2D eigenvalue weighted by atomic mass is 16.5. The number of morpholine rings is 1. The Morgan fingerprint density at radius 2 is 2.04 bits per heavy atom. The number of hydrogen-bond acceptors (Lipinski definition) is 8. The van der Waals surface area contributed by atoms with Gasteiger partial charge in [-0.25, -0.2) is 19.6 Å². The average Bonchev–Trinajstić information content (AvgIpc) is 2.64. The van der Waals surface area contributed by atoms with Crippen molar-refractivity contribution in [1.29, 1.82) is 0 Å². The van der Waals surface area contributed by atoms with Crippen LogP contribution in [0.4, 0.5) is 11.9 Å². The molecular formula is C16H17N7O3. The number of pyridine rings is 1. The molecular weight excluding hydrogens is 338 g/mol. The molecule has 0 unspecified atom stereocenters. The van der Waals surface area contributed by atoms with E-state index in [1.807, 2.05) is 4.90 Å². The first-order valence-electron chi connectivity index (χ1n) is 8.16. The zero-order valence-electron chi connectivity index (χ0n) is 14.1. The van der Waals surface area contributed by atoms with Crippen LogP contribution >= 0.6 is 0 Å². The molecule has 0 spiro atoms. The van der Waals surface area contributed by atoms with Gasteiger partial charge < -0.3 is 9.64 Å². The number of nitrogens with zero attached hydrogens (tertiary/aromatic N) is 5. The van der Waals surface area contributed by atoms with Crippen LogP contribution in [0.2, 0.25) is 0 Å². The number of nitrogens with one attached hydrogen (secondary N) is 2. The number of H-pyrrole nitrogens is 1. The predicted octanol–water partition coefficient (Wildman–Crippen LogP) is -0.105. The second-order valence-electron chi connectivity index (χ2n) is 5.91. The van der Waals surface area contributed by atoms with E-state index in [-0.39, 0.29) is 17.1 Å². The fraction of sp³-hybridized carbons (Fsp3) is 0.312. The zero-order valence-corrected chi connectivity index (χ0v) is 14.1. The molecule has 0 atom stereocenters. The first-order chi connectivity index (χ1) is 12.6. The van der Waals surface area contributed by atoms with E-state index in [4.69, 9.17) is 4.74 Å². The van der Waals surface area contributed by atoms with E-state index < -0.39 is 0 Å². The largest absolute Gasteiger partial charge is 0.378 e. The summed E-state index contributed by atoms with van der Waals surface area (Å²) < 4.78 is 6.56. The van der Waals surface area contributed by atoms with Crippen molar-refractivity contribution in [2.75, 3.05) is 36.6 Å². The zero-order chi connectivity index (χ0) is 18.1. The monoisotopic (exact) mass is 355 g/mol. The van der Waals surface area contributed by atoms with E-state index >= 15 is 0 Å². The van der Waals surface area contributed by atoms with Gasteiger partial charge in [-0.05, 0) is 13.0 Å². The highest BCUT2D eigenvalue weighted by molar-refractivity contribution is 5.77. The summed E-state index contributed by atoms with van der Waals surface area (Å²) in [4.78, 5) is 41.7. The molecule has 4 rings (SSSR count). The lowest BCUT2D eigenvalue weighted by atomic mass is 10.3. The fourth-order valence-corrected chi connectivity index (χ4v) is 2.77. The van der Waals surface area contributed by atoms with Gasteiger partial charge in [0.1, 0.15) is 0 Å². The summed E-state index contributed by atoms with van der Waals surface area (Å²) in [5.74, 6) is 0.762. The van der Waals surface area contributed by atoms with Gasteiger partial charge in [0.25, 0.3) is 11.1 Å². The number of hydrogen-bond donors (Lipinski definition) is 2. The first-order valence-corrected chi connectivity index (χ1v) is 8.16. The molecule has 4 heterocycles. The lowest BCUT2D eigenvalue weighted by molar-refractivity contribution is 0.122. The molecule has 3 aromatic heterocycles. The SMILES string of the molecule is Cc1cc(=O)[nH]c(Nn2ccc3nc(N4CCOCC4)ncc3c2=O)n1. The van der Waals surface area contributed by atoms with Crippen molar-refractivity contribution in [2.24, 2.45) is 0 Å². The van der Waals surface area contributed by atoms with Gasteiger partial charge in [-0.3, -0.25) is 20.0 Å². The van der Waals surface area contributed by atoms with Crippen LogP contribution in [-0.2, 0) is 4.74 Å². The predicted molar refractivity (Wildman–Crippen MR) is 95.4 cm³/mol. The van der Waals surface area contributed by atoms with Gasteiger partial charge in [-0.15, -0.1) is 0 Å². The Balaban J connectivity index is 1.68. The Hall–Kier alpha value is -3.27. The molecule has 1 aliphatic rings. The smallest absolute Gasteiger partial charge is 0.280 e. The van der Waals surface area contributed by atoms with Crippen LogP contribution in [0.3, 0.4) is 0 Å². The van der Waals surface area contributed by atoms with Crippen molar-refractivity contribution in [3.63, 3.8) is 0 Å². The van der Waals surface area contributed by atoms with Gasteiger partial charge in [0.2, 0.25) is 11.9 Å². The molecule has 1 aliphatic heterocycles. The number of fused-ring (bicyclic) bond motifs is 1. The maximum absolute atomic E-state index is 12.7. The van der Waals surface area contributed by atoms with Crippen molar-refractivity contribution in [1.82, 2.24) is 24.6 Å². The van der Waals surface area contributed by atoms with E-state index in [0.29, 0.717) is 35.8 Å². The van der Waals surface area contributed by atoms with Crippen LogP contribution in [0.15, 0.2) is 34.1 Å². The summed E-state index contributed by atoms with van der Waals surface area (Å²) in [6.45, 7) is 4.40. The molecule has 10 nitrogen and oxygen atoms in total. The van der Waals surface area contributed by atoms with E-state index in [1.54, 1.807) is 19.2 Å². The minimum Gasteiger partial charge on any atom is -0.378 e. The first kappa shape index (κ1) is 16.2. The Morgan fingerprint density at radius 3 is 2.81 bits per heavy atom. The summed E-state index contributed by atoms with van der Waals surface area (Å²) in [5, 5.41) is 0.368. The molecule has 26 heavy (non-hydrogen) atoms.